The highest BCUT2D eigenvalue weighted by atomic mass is 35.5. The first-order chi connectivity index (χ1) is 12.9. The number of benzene rings is 3. The number of para-hydroxylation sites is 1. The highest BCUT2D eigenvalue weighted by molar-refractivity contribution is 6.33. The summed E-state index contributed by atoms with van der Waals surface area (Å²) in [5, 5.41) is 4.09. The number of anilines is 1. The summed E-state index contributed by atoms with van der Waals surface area (Å²) in [7, 11) is 0. The lowest BCUT2D eigenvalue weighted by Gasteiger charge is -2.09. The molecule has 0 aliphatic heterocycles. The van der Waals surface area contributed by atoms with Crippen LogP contribution in [0.25, 0.3) is 0 Å². The number of alkyl halides is 3. The van der Waals surface area contributed by atoms with Crippen LogP contribution in [-0.4, -0.2) is 6.21 Å². The van der Waals surface area contributed by atoms with Crippen LogP contribution < -0.4 is 10.2 Å². The average molecular weight is 391 g/mol. The van der Waals surface area contributed by atoms with Gasteiger partial charge in [0.05, 0.1) is 22.5 Å². The number of hydrogen-bond donors (Lipinski definition) is 1. The van der Waals surface area contributed by atoms with E-state index in [1.807, 2.05) is 30.3 Å². The lowest BCUT2D eigenvalue weighted by molar-refractivity contribution is -0.137. The standard InChI is InChI=1S/C20H14ClF3N2O/c21-18-11-8-15(20(22,23)24)12-19(18)26-25-13-14-6-9-17(10-7-14)27-16-4-2-1-3-5-16/h1-13,26H/b25-13-. The van der Waals surface area contributed by atoms with Gasteiger partial charge in [-0.1, -0.05) is 29.8 Å². The third-order valence-electron chi connectivity index (χ3n) is 3.55. The van der Waals surface area contributed by atoms with Crippen molar-refractivity contribution in [1.29, 1.82) is 0 Å². The summed E-state index contributed by atoms with van der Waals surface area (Å²) in [5.74, 6) is 1.38. The number of nitrogens with one attached hydrogen (secondary N) is 1. The summed E-state index contributed by atoms with van der Waals surface area (Å²) in [6.07, 6.45) is -2.97. The zero-order valence-electron chi connectivity index (χ0n) is 13.9. The number of rotatable bonds is 5. The molecule has 0 fully saturated rings. The fraction of sp³-hybridized carbons (Fsp3) is 0.0500. The summed E-state index contributed by atoms with van der Waals surface area (Å²) in [6.45, 7) is 0. The molecule has 3 rings (SSSR count). The summed E-state index contributed by atoms with van der Waals surface area (Å²) in [5.41, 5.74) is 2.55. The van der Waals surface area contributed by atoms with Crippen LogP contribution in [0.3, 0.4) is 0 Å². The Kier molecular flexibility index (Phi) is 5.66. The second-order valence-corrected chi connectivity index (χ2v) is 5.95. The molecule has 0 saturated carbocycles. The Balaban J connectivity index is 1.65. The molecule has 3 nitrogen and oxygen atoms in total. The fourth-order valence-corrected chi connectivity index (χ4v) is 2.37. The Morgan fingerprint density at radius 3 is 2.22 bits per heavy atom. The van der Waals surface area contributed by atoms with Crippen molar-refractivity contribution in [3.63, 3.8) is 0 Å². The van der Waals surface area contributed by atoms with Gasteiger partial charge in [0.2, 0.25) is 0 Å². The van der Waals surface area contributed by atoms with Crippen LogP contribution in [0.2, 0.25) is 5.02 Å². The van der Waals surface area contributed by atoms with Crippen LogP contribution in [-0.2, 0) is 6.18 Å². The topological polar surface area (TPSA) is 33.6 Å². The van der Waals surface area contributed by atoms with E-state index >= 15 is 0 Å². The molecule has 0 amide bonds. The molecule has 0 unspecified atom stereocenters. The zero-order chi connectivity index (χ0) is 19.3. The first-order valence-corrected chi connectivity index (χ1v) is 8.28. The van der Waals surface area contributed by atoms with E-state index in [1.165, 1.54) is 12.3 Å². The Morgan fingerprint density at radius 1 is 0.889 bits per heavy atom. The van der Waals surface area contributed by atoms with Crippen molar-refractivity contribution >= 4 is 23.5 Å². The third-order valence-corrected chi connectivity index (χ3v) is 3.88. The third kappa shape index (κ3) is 5.24. The van der Waals surface area contributed by atoms with Gasteiger partial charge in [0.25, 0.3) is 0 Å². The molecule has 0 spiro atoms. The first-order valence-electron chi connectivity index (χ1n) is 7.90. The molecule has 27 heavy (non-hydrogen) atoms. The maximum atomic E-state index is 12.8. The van der Waals surface area contributed by atoms with Crippen molar-refractivity contribution < 1.29 is 17.9 Å². The maximum Gasteiger partial charge on any atom is 0.416 e. The molecular formula is C20H14ClF3N2O. The summed E-state index contributed by atoms with van der Waals surface area (Å²) < 4.78 is 44.0. The second kappa shape index (κ2) is 8.14. The molecule has 0 atom stereocenters. The van der Waals surface area contributed by atoms with Gasteiger partial charge >= 0.3 is 6.18 Å². The van der Waals surface area contributed by atoms with E-state index in [9.17, 15) is 13.2 Å². The molecule has 3 aromatic rings. The lowest BCUT2D eigenvalue weighted by atomic mass is 10.2. The minimum atomic E-state index is -4.45. The van der Waals surface area contributed by atoms with Crippen molar-refractivity contribution in [2.24, 2.45) is 5.10 Å². The molecule has 138 valence electrons. The molecule has 1 N–H and O–H groups in total. The minimum absolute atomic E-state index is 0.0757. The van der Waals surface area contributed by atoms with Gasteiger partial charge in [0.1, 0.15) is 11.5 Å². The Hall–Kier alpha value is -2.99. The highest BCUT2D eigenvalue weighted by Gasteiger charge is 2.30. The van der Waals surface area contributed by atoms with Gasteiger partial charge in [-0.2, -0.15) is 18.3 Å². The van der Waals surface area contributed by atoms with E-state index in [2.05, 4.69) is 10.5 Å². The summed E-state index contributed by atoms with van der Waals surface area (Å²) in [4.78, 5) is 0. The van der Waals surface area contributed by atoms with Crippen LogP contribution >= 0.6 is 11.6 Å². The van der Waals surface area contributed by atoms with Crippen LogP contribution in [0, 0.1) is 0 Å². The van der Waals surface area contributed by atoms with Crippen LogP contribution in [0.5, 0.6) is 11.5 Å². The molecule has 3 aromatic carbocycles. The van der Waals surface area contributed by atoms with Crippen molar-refractivity contribution in [2.75, 3.05) is 5.43 Å². The lowest BCUT2D eigenvalue weighted by Crippen LogP contribution is -2.05. The van der Waals surface area contributed by atoms with Gasteiger partial charge in [-0.05, 0) is 60.2 Å². The van der Waals surface area contributed by atoms with Crippen molar-refractivity contribution in [3.8, 4) is 11.5 Å². The first kappa shape index (κ1) is 18.8. The van der Waals surface area contributed by atoms with Crippen molar-refractivity contribution in [2.45, 2.75) is 6.18 Å². The highest BCUT2D eigenvalue weighted by Crippen LogP contribution is 2.33. The Bertz CT molecular complexity index is 926. The number of ether oxygens (including phenoxy) is 1. The number of nitrogens with zero attached hydrogens (tertiary/aromatic N) is 1. The number of hydrogen-bond acceptors (Lipinski definition) is 3. The SMILES string of the molecule is FC(F)(F)c1ccc(Cl)c(N/N=C\c2ccc(Oc3ccccc3)cc2)c1. The molecule has 0 radical (unpaired) electrons. The molecule has 0 saturated heterocycles. The largest absolute Gasteiger partial charge is 0.457 e. The summed E-state index contributed by atoms with van der Waals surface area (Å²) >= 11 is 5.91. The minimum Gasteiger partial charge on any atom is -0.457 e. The molecule has 0 bridgehead atoms. The van der Waals surface area contributed by atoms with Crippen LogP contribution in [0.1, 0.15) is 11.1 Å². The van der Waals surface area contributed by atoms with Gasteiger partial charge in [-0.15, -0.1) is 0 Å². The predicted octanol–water partition coefficient (Wildman–Crippen LogP) is 6.60. The summed E-state index contributed by atoms with van der Waals surface area (Å²) in [6, 6.07) is 19.4. The van der Waals surface area contributed by atoms with E-state index in [-0.39, 0.29) is 10.7 Å². The van der Waals surface area contributed by atoms with E-state index in [1.54, 1.807) is 24.3 Å². The quantitative estimate of drug-likeness (QED) is 0.393. The van der Waals surface area contributed by atoms with Crippen molar-refractivity contribution in [1.82, 2.24) is 0 Å². The second-order valence-electron chi connectivity index (χ2n) is 5.55. The van der Waals surface area contributed by atoms with Gasteiger partial charge in [-0.3, -0.25) is 5.43 Å². The van der Waals surface area contributed by atoms with Crippen LogP contribution in [0.4, 0.5) is 18.9 Å². The Labute approximate surface area is 159 Å². The van der Waals surface area contributed by atoms with Crippen LogP contribution in [0.15, 0.2) is 77.9 Å². The van der Waals surface area contributed by atoms with Gasteiger partial charge in [-0.25, -0.2) is 0 Å². The molecule has 0 aliphatic carbocycles. The molecular weight excluding hydrogens is 377 g/mol. The Morgan fingerprint density at radius 2 is 1.56 bits per heavy atom. The van der Waals surface area contributed by atoms with E-state index in [0.29, 0.717) is 5.75 Å². The monoisotopic (exact) mass is 390 g/mol. The van der Waals surface area contributed by atoms with Gasteiger partial charge < -0.3 is 4.74 Å². The number of hydrazone groups is 1. The maximum absolute atomic E-state index is 12.8. The van der Waals surface area contributed by atoms with E-state index in [4.69, 9.17) is 16.3 Å². The predicted molar refractivity (Wildman–Crippen MR) is 101 cm³/mol. The molecule has 0 heterocycles. The van der Waals surface area contributed by atoms with E-state index in [0.717, 1.165) is 23.4 Å². The van der Waals surface area contributed by atoms with Gasteiger partial charge in [0, 0.05) is 0 Å². The smallest absolute Gasteiger partial charge is 0.416 e. The number of halogens is 4. The van der Waals surface area contributed by atoms with Gasteiger partial charge in [0.15, 0.2) is 0 Å². The van der Waals surface area contributed by atoms with Crippen molar-refractivity contribution in [3.05, 3.63) is 88.9 Å². The average Bonchev–Trinajstić information content (AvgIpc) is 2.64. The normalized spacial score (nSPS) is 11.6. The molecule has 0 aliphatic rings. The zero-order valence-corrected chi connectivity index (χ0v) is 14.6. The molecule has 7 heteroatoms. The van der Waals surface area contributed by atoms with E-state index < -0.39 is 11.7 Å². The fourth-order valence-electron chi connectivity index (χ4n) is 2.21. The molecule has 0 aromatic heterocycles.